The molecule has 0 spiro atoms. The van der Waals surface area contributed by atoms with Crippen molar-refractivity contribution in [2.24, 2.45) is 0 Å². The fourth-order valence-electron chi connectivity index (χ4n) is 3.28. The van der Waals surface area contributed by atoms with E-state index in [2.05, 4.69) is 10.1 Å². The Bertz CT molecular complexity index is 1180. The number of aryl methyl sites for hydroxylation is 2. The molecule has 0 unspecified atom stereocenters. The zero-order valence-electron chi connectivity index (χ0n) is 15.1. The fourth-order valence-corrected chi connectivity index (χ4v) is 3.46. The predicted octanol–water partition coefficient (Wildman–Crippen LogP) is 4.33. The molecule has 6 nitrogen and oxygen atoms in total. The van der Waals surface area contributed by atoms with Crippen LogP contribution in [-0.4, -0.2) is 19.7 Å². The number of fused-ring (bicyclic) bond motifs is 1. The molecule has 3 heterocycles. The lowest BCUT2D eigenvalue weighted by molar-refractivity contribution is 0.393. The maximum atomic E-state index is 12.8. The maximum absolute atomic E-state index is 12.8. The molecule has 3 aromatic heterocycles. The van der Waals surface area contributed by atoms with E-state index in [4.69, 9.17) is 21.1 Å². The second-order valence-corrected chi connectivity index (χ2v) is 6.76. The summed E-state index contributed by atoms with van der Waals surface area (Å²) in [6, 6.07) is 13.1. The number of aromatic nitrogens is 4. The minimum absolute atomic E-state index is 0.0721. The standard InChI is InChI=1S/C20H17ClN4O2/c1-11-17(13(3)27-24-11)15-9-10-16-19(23-15)25(20(26)18(21)22-16)12(2)14-7-5-4-6-8-14/h4-10,12H,1-3H3/t12-/m0/s1. The van der Waals surface area contributed by atoms with Crippen LogP contribution in [0.4, 0.5) is 0 Å². The normalized spacial score (nSPS) is 12.4. The molecule has 0 aliphatic carbocycles. The molecule has 0 N–H and O–H groups in total. The van der Waals surface area contributed by atoms with E-state index in [1.165, 1.54) is 0 Å². The second kappa shape index (κ2) is 6.63. The highest BCUT2D eigenvalue weighted by Gasteiger charge is 2.19. The van der Waals surface area contributed by atoms with Crippen molar-refractivity contribution in [3.63, 3.8) is 0 Å². The molecule has 7 heteroatoms. The topological polar surface area (TPSA) is 73.8 Å². The molecular weight excluding hydrogens is 364 g/mol. The number of nitrogens with zero attached hydrogens (tertiary/aromatic N) is 4. The third-order valence-electron chi connectivity index (χ3n) is 4.66. The van der Waals surface area contributed by atoms with Gasteiger partial charge >= 0.3 is 0 Å². The van der Waals surface area contributed by atoms with E-state index in [1.807, 2.05) is 63.2 Å². The van der Waals surface area contributed by atoms with Gasteiger partial charge in [-0.2, -0.15) is 0 Å². The Kier molecular flexibility index (Phi) is 4.28. The van der Waals surface area contributed by atoms with Crippen LogP contribution >= 0.6 is 11.6 Å². The lowest BCUT2D eigenvalue weighted by atomic mass is 10.1. The summed E-state index contributed by atoms with van der Waals surface area (Å²) in [6.07, 6.45) is 0. The molecule has 0 aliphatic heterocycles. The molecule has 0 saturated heterocycles. The van der Waals surface area contributed by atoms with Gasteiger partial charge in [0.1, 0.15) is 11.3 Å². The molecule has 1 aromatic carbocycles. The Morgan fingerprint density at radius 3 is 2.48 bits per heavy atom. The van der Waals surface area contributed by atoms with Crippen molar-refractivity contribution in [2.45, 2.75) is 26.8 Å². The van der Waals surface area contributed by atoms with E-state index in [9.17, 15) is 4.79 Å². The summed E-state index contributed by atoms with van der Waals surface area (Å²) in [7, 11) is 0. The van der Waals surface area contributed by atoms with Gasteiger partial charge in [0.15, 0.2) is 10.8 Å². The molecule has 0 saturated carbocycles. The number of hydrogen-bond acceptors (Lipinski definition) is 5. The van der Waals surface area contributed by atoms with E-state index in [1.54, 1.807) is 4.57 Å². The summed E-state index contributed by atoms with van der Waals surface area (Å²) < 4.78 is 6.84. The lowest BCUT2D eigenvalue weighted by Crippen LogP contribution is -2.26. The number of hydrogen-bond donors (Lipinski definition) is 0. The van der Waals surface area contributed by atoms with Crippen LogP contribution in [0, 0.1) is 13.8 Å². The van der Waals surface area contributed by atoms with Crippen LogP contribution in [0.3, 0.4) is 0 Å². The fraction of sp³-hybridized carbons (Fsp3) is 0.200. The van der Waals surface area contributed by atoms with Crippen LogP contribution in [0.1, 0.15) is 30.0 Å². The van der Waals surface area contributed by atoms with Crippen LogP contribution < -0.4 is 5.56 Å². The van der Waals surface area contributed by atoms with E-state index >= 15 is 0 Å². The van der Waals surface area contributed by atoms with Crippen LogP contribution in [0.15, 0.2) is 51.8 Å². The highest BCUT2D eigenvalue weighted by Crippen LogP contribution is 2.28. The Balaban J connectivity index is 2.00. The SMILES string of the molecule is Cc1noc(C)c1-c1ccc2nc(Cl)c(=O)n([C@@H](C)c3ccccc3)c2n1. The van der Waals surface area contributed by atoms with E-state index in [-0.39, 0.29) is 16.8 Å². The van der Waals surface area contributed by atoms with Crippen LogP contribution in [0.5, 0.6) is 0 Å². The maximum Gasteiger partial charge on any atom is 0.290 e. The zero-order valence-corrected chi connectivity index (χ0v) is 15.9. The summed E-state index contributed by atoms with van der Waals surface area (Å²) in [4.78, 5) is 21.8. The molecule has 136 valence electrons. The molecule has 4 rings (SSSR count). The van der Waals surface area contributed by atoms with Crippen LogP contribution in [0.2, 0.25) is 5.15 Å². The first-order chi connectivity index (χ1) is 13.0. The van der Waals surface area contributed by atoms with Crippen molar-refractivity contribution in [2.75, 3.05) is 0 Å². The Morgan fingerprint density at radius 2 is 1.81 bits per heavy atom. The Hall–Kier alpha value is -2.99. The van der Waals surface area contributed by atoms with Crippen molar-refractivity contribution in [3.8, 4) is 11.3 Å². The molecule has 1 atom stereocenters. The quantitative estimate of drug-likeness (QED) is 0.529. The van der Waals surface area contributed by atoms with Gasteiger partial charge in [-0.25, -0.2) is 9.97 Å². The molecule has 0 fully saturated rings. The molecule has 4 aromatic rings. The summed E-state index contributed by atoms with van der Waals surface area (Å²) in [6.45, 7) is 5.63. The van der Waals surface area contributed by atoms with Gasteiger partial charge in [0.2, 0.25) is 0 Å². The summed E-state index contributed by atoms with van der Waals surface area (Å²) in [5.74, 6) is 0.672. The summed E-state index contributed by atoms with van der Waals surface area (Å²) in [5.41, 5.74) is 3.87. The largest absolute Gasteiger partial charge is 0.361 e. The molecule has 0 radical (unpaired) electrons. The van der Waals surface area contributed by atoms with Gasteiger partial charge < -0.3 is 4.52 Å². The molecule has 0 aliphatic rings. The smallest absolute Gasteiger partial charge is 0.290 e. The number of benzene rings is 1. The van der Waals surface area contributed by atoms with Crippen molar-refractivity contribution in [1.82, 2.24) is 19.7 Å². The lowest BCUT2D eigenvalue weighted by Gasteiger charge is -2.18. The second-order valence-electron chi connectivity index (χ2n) is 6.40. The molecular formula is C20H17ClN4O2. The van der Waals surface area contributed by atoms with Crippen molar-refractivity contribution >= 4 is 22.8 Å². The monoisotopic (exact) mass is 380 g/mol. The molecule has 0 bridgehead atoms. The average Bonchev–Trinajstić information content (AvgIpc) is 3.01. The molecule has 27 heavy (non-hydrogen) atoms. The third kappa shape index (κ3) is 2.92. The highest BCUT2D eigenvalue weighted by atomic mass is 35.5. The summed E-state index contributed by atoms with van der Waals surface area (Å²) in [5, 5.41) is 3.92. The predicted molar refractivity (Wildman–Crippen MR) is 104 cm³/mol. The van der Waals surface area contributed by atoms with Crippen LogP contribution in [-0.2, 0) is 0 Å². The van der Waals surface area contributed by atoms with Crippen molar-refractivity contribution in [3.05, 3.63) is 75.0 Å². The van der Waals surface area contributed by atoms with E-state index in [0.717, 1.165) is 16.8 Å². The zero-order chi connectivity index (χ0) is 19.1. The van der Waals surface area contributed by atoms with Crippen molar-refractivity contribution < 1.29 is 4.52 Å². The first kappa shape index (κ1) is 17.4. The first-order valence-electron chi connectivity index (χ1n) is 8.54. The van der Waals surface area contributed by atoms with Gasteiger partial charge in [0, 0.05) is 0 Å². The van der Waals surface area contributed by atoms with Gasteiger partial charge in [-0.1, -0.05) is 47.1 Å². The van der Waals surface area contributed by atoms with E-state index < -0.39 is 0 Å². The number of rotatable bonds is 3. The van der Waals surface area contributed by atoms with Gasteiger partial charge in [-0.3, -0.25) is 9.36 Å². The minimum atomic E-state index is -0.371. The Labute approximate surface area is 160 Å². The number of pyridine rings is 1. The van der Waals surface area contributed by atoms with Gasteiger partial charge in [-0.05, 0) is 38.5 Å². The minimum Gasteiger partial charge on any atom is -0.361 e. The summed E-state index contributed by atoms with van der Waals surface area (Å²) >= 11 is 6.12. The number of halogens is 1. The van der Waals surface area contributed by atoms with Gasteiger partial charge in [-0.15, -0.1) is 0 Å². The van der Waals surface area contributed by atoms with E-state index in [0.29, 0.717) is 22.6 Å². The van der Waals surface area contributed by atoms with Gasteiger partial charge in [0.25, 0.3) is 5.56 Å². The highest BCUT2D eigenvalue weighted by molar-refractivity contribution is 6.29. The van der Waals surface area contributed by atoms with Crippen LogP contribution in [0.25, 0.3) is 22.4 Å². The van der Waals surface area contributed by atoms with Crippen molar-refractivity contribution in [1.29, 1.82) is 0 Å². The molecule has 0 amide bonds. The first-order valence-corrected chi connectivity index (χ1v) is 8.92. The van der Waals surface area contributed by atoms with Gasteiger partial charge in [0.05, 0.1) is 23.0 Å². The Morgan fingerprint density at radius 1 is 1.07 bits per heavy atom. The third-order valence-corrected chi connectivity index (χ3v) is 4.90. The average molecular weight is 381 g/mol.